The number of carbonyl (C=O) groups is 1. The first-order valence-electron chi connectivity index (χ1n) is 10.0. The summed E-state index contributed by atoms with van der Waals surface area (Å²) in [6.45, 7) is 6.80. The van der Waals surface area contributed by atoms with Gasteiger partial charge >= 0.3 is 0 Å². The zero-order chi connectivity index (χ0) is 16.4. The van der Waals surface area contributed by atoms with Gasteiger partial charge in [-0.3, -0.25) is 4.79 Å². The second-order valence-electron chi connectivity index (χ2n) is 9.87. The lowest BCUT2D eigenvalue weighted by atomic mass is 9.44. The maximum absolute atomic E-state index is 12.2. The molecule has 130 valence electrons. The van der Waals surface area contributed by atoms with Crippen LogP contribution in [-0.2, 0) is 4.79 Å². The minimum Gasteiger partial charge on any atom is -0.393 e. The molecule has 23 heavy (non-hydrogen) atoms. The number of Topliss-reactive ketones (excluding diaryl/α,β-unsaturated/α-hetero) is 1. The minimum atomic E-state index is -0.0490. The van der Waals surface area contributed by atoms with Crippen molar-refractivity contribution in [2.45, 2.75) is 84.7 Å². The number of ketones is 1. The predicted octanol–water partition coefficient (Wildman–Crippen LogP) is 4.60. The molecule has 0 aromatic carbocycles. The highest BCUT2D eigenvalue weighted by atomic mass is 16.3. The van der Waals surface area contributed by atoms with Gasteiger partial charge in [0, 0.05) is 5.92 Å². The van der Waals surface area contributed by atoms with E-state index in [0.717, 1.165) is 42.9 Å². The summed E-state index contributed by atoms with van der Waals surface area (Å²) in [5.41, 5.74) is 0.738. The Balaban J connectivity index is 1.61. The minimum absolute atomic E-state index is 0.0490. The lowest BCUT2D eigenvalue weighted by Crippen LogP contribution is -2.54. The topological polar surface area (TPSA) is 37.3 Å². The molecule has 4 aliphatic carbocycles. The molecule has 4 fully saturated rings. The fourth-order valence-electron chi connectivity index (χ4n) is 7.90. The Bertz CT molecular complexity index is 500. The molecular formula is C21H34O2. The third kappa shape index (κ3) is 2.19. The van der Waals surface area contributed by atoms with Gasteiger partial charge in [0.1, 0.15) is 5.78 Å². The van der Waals surface area contributed by atoms with Gasteiger partial charge in [-0.2, -0.15) is 0 Å². The lowest BCUT2D eigenvalue weighted by Gasteiger charge is -2.60. The molecule has 0 spiro atoms. The van der Waals surface area contributed by atoms with Crippen LogP contribution in [-0.4, -0.2) is 17.0 Å². The van der Waals surface area contributed by atoms with Gasteiger partial charge in [0.05, 0.1) is 6.10 Å². The molecule has 4 rings (SSSR count). The number of aliphatic hydroxyl groups is 1. The number of hydrogen-bond acceptors (Lipinski definition) is 2. The SMILES string of the molecule is CC(=O)[C@@H]1CC[C@@H]2[C@H]3CC[C@H]4C[C@H](O)CC[C@]4(C)[C@@H]3CC[C@@]21C. The standard InChI is InChI=1S/C21H34O2/c1-13(22)17-6-7-18-16-5-4-14-12-15(23)8-10-20(14,2)19(16)9-11-21(17,18)3/h14-19,23H,4-12H2,1-3H3/t14-,15+,16+,17-,18+,19+,20-,21+/m0/s1. The summed E-state index contributed by atoms with van der Waals surface area (Å²) in [5.74, 6) is 3.97. The van der Waals surface area contributed by atoms with E-state index >= 15 is 0 Å². The Morgan fingerprint density at radius 3 is 2.35 bits per heavy atom. The summed E-state index contributed by atoms with van der Waals surface area (Å²) in [4.78, 5) is 12.2. The van der Waals surface area contributed by atoms with Gasteiger partial charge in [-0.15, -0.1) is 0 Å². The van der Waals surface area contributed by atoms with E-state index < -0.39 is 0 Å². The van der Waals surface area contributed by atoms with E-state index in [0.29, 0.717) is 17.1 Å². The van der Waals surface area contributed by atoms with Crippen LogP contribution in [0.2, 0.25) is 0 Å². The van der Waals surface area contributed by atoms with E-state index in [1.165, 1.54) is 38.5 Å². The van der Waals surface area contributed by atoms with Crippen molar-refractivity contribution in [2.24, 2.45) is 40.4 Å². The Morgan fingerprint density at radius 2 is 1.61 bits per heavy atom. The normalized spacial score (nSPS) is 55.7. The van der Waals surface area contributed by atoms with E-state index in [1.54, 1.807) is 0 Å². The van der Waals surface area contributed by atoms with Crippen LogP contribution >= 0.6 is 0 Å². The molecule has 8 atom stereocenters. The van der Waals surface area contributed by atoms with Crippen LogP contribution in [0.25, 0.3) is 0 Å². The van der Waals surface area contributed by atoms with E-state index in [9.17, 15) is 9.90 Å². The fourth-order valence-corrected chi connectivity index (χ4v) is 7.90. The van der Waals surface area contributed by atoms with Crippen LogP contribution in [0.3, 0.4) is 0 Å². The second kappa shape index (κ2) is 5.31. The molecule has 0 aromatic rings. The molecule has 0 aromatic heterocycles. The molecule has 4 saturated carbocycles. The number of rotatable bonds is 1. The number of carbonyl (C=O) groups excluding carboxylic acids is 1. The van der Waals surface area contributed by atoms with Crippen LogP contribution < -0.4 is 0 Å². The molecule has 2 heteroatoms. The maximum Gasteiger partial charge on any atom is 0.133 e. The second-order valence-corrected chi connectivity index (χ2v) is 9.87. The van der Waals surface area contributed by atoms with Crippen molar-refractivity contribution in [3.63, 3.8) is 0 Å². The third-order valence-corrected chi connectivity index (χ3v) is 9.13. The molecule has 0 bridgehead atoms. The Kier molecular flexibility index (Phi) is 3.72. The number of hydrogen-bond donors (Lipinski definition) is 1. The van der Waals surface area contributed by atoms with Crippen molar-refractivity contribution in [2.75, 3.05) is 0 Å². The summed E-state index contributed by atoms with van der Waals surface area (Å²) in [6, 6.07) is 0. The van der Waals surface area contributed by atoms with Gasteiger partial charge in [-0.1, -0.05) is 13.8 Å². The quantitative estimate of drug-likeness (QED) is 0.767. The molecule has 0 saturated heterocycles. The largest absolute Gasteiger partial charge is 0.393 e. The summed E-state index contributed by atoms with van der Waals surface area (Å²) < 4.78 is 0. The zero-order valence-corrected chi connectivity index (χ0v) is 15.2. The summed E-state index contributed by atoms with van der Waals surface area (Å²) in [5, 5.41) is 10.1. The number of fused-ring (bicyclic) bond motifs is 5. The van der Waals surface area contributed by atoms with Crippen LogP contribution in [0, 0.1) is 40.4 Å². The third-order valence-electron chi connectivity index (χ3n) is 9.13. The van der Waals surface area contributed by atoms with Gasteiger partial charge in [0.15, 0.2) is 0 Å². The Hall–Kier alpha value is -0.370. The molecule has 2 nitrogen and oxygen atoms in total. The smallest absolute Gasteiger partial charge is 0.133 e. The Morgan fingerprint density at radius 1 is 0.913 bits per heavy atom. The lowest BCUT2D eigenvalue weighted by molar-refractivity contribution is -0.138. The first-order valence-corrected chi connectivity index (χ1v) is 10.0. The molecular weight excluding hydrogens is 284 g/mol. The van der Waals surface area contributed by atoms with E-state index in [2.05, 4.69) is 13.8 Å². The van der Waals surface area contributed by atoms with Crippen LogP contribution in [0.1, 0.15) is 78.6 Å². The van der Waals surface area contributed by atoms with E-state index in [1.807, 2.05) is 6.92 Å². The van der Waals surface area contributed by atoms with Gasteiger partial charge in [0.2, 0.25) is 0 Å². The molecule has 0 aliphatic heterocycles. The molecule has 0 amide bonds. The van der Waals surface area contributed by atoms with Crippen molar-refractivity contribution < 1.29 is 9.90 Å². The van der Waals surface area contributed by atoms with Crippen molar-refractivity contribution in [3.8, 4) is 0 Å². The van der Waals surface area contributed by atoms with Crippen molar-refractivity contribution in [1.82, 2.24) is 0 Å². The highest BCUT2D eigenvalue weighted by molar-refractivity contribution is 5.79. The fraction of sp³-hybridized carbons (Fsp3) is 0.952. The highest BCUT2D eigenvalue weighted by Crippen LogP contribution is 2.67. The zero-order valence-electron chi connectivity index (χ0n) is 15.2. The molecule has 1 N–H and O–H groups in total. The van der Waals surface area contributed by atoms with E-state index in [-0.39, 0.29) is 11.5 Å². The molecule has 4 aliphatic rings. The van der Waals surface area contributed by atoms with Crippen LogP contribution in [0.15, 0.2) is 0 Å². The summed E-state index contributed by atoms with van der Waals surface area (Å²) >= 11 is 0. The Labute approximate surface area is 141 Å². The summed E-state index contributed by atoms with van der Waals surface area (Å²) in [6.07, 6.45) is 10.9. The van der Waals surface area contributed by atoms with Crippen LogP contribution in [0.4, 0.5) is 0 Å². The molecule has 0 radical (unpaired) electrons. The molecule has 0 heterocycles. The first-order chi connectivity index (χ1) is 10.9. The average Bonchev–Trinajstić information content (AvgIpc) is 2.85. The first kappa shape index (κ1) is 16.1. The van der Waals surface area contributed by atoms with Crippen molar-refractivity contribution in [1.29, 1.82) is 0 Å². The number of aliphatic hydroxyl groups excluding tert-OH is 1. The molecule has 0 unspecified atom stereocenters. The van der Waals surface area contributed by atoms with Crippen molar-refractivity contribution >= 4 is 5.78 Å². The van der Waals surface area contributed by atoms with Gasteiger partial charge in [0.25, 0.3) is 0 Å². The maximum atomic E-state index is 12.2. The van der Waals surface area contributed by atoms with E-state index in [4.69, 9.17) is 0 Å². The summed E-state index contributed by atoms with van der Waals surface area (Å²) in [7, 11) is 0. The van der Waals surface area contributed by atoms with Gasteiger partial charge in [-0.05, 0) is 99.2 Å². The average molecular weight is 319 g/mol. The van der Waals surface area contributed by atoms with Crippen molar-refractivity contribution in [3.05, 3.63) is 0 Å². The van der Waals surface area contributed by atoms with Gasteiger partial charge < -0.3 is 5.11 Å². The van der Waals surface area contributed by atoms with Gasteiger partial charge in [-0.25, -0.2) is 0 Å². The monoisotopic (exact) mass is 318 g/mol. The van der Waals surface area contributed by atoms with Crippen LogP contribution in [0.5, 0.6) is 0 Å². The highest BCUT2D eigenvalue weighted by Gasteiger charge is 2.60. The predicted molar refractivity (Wildman–Crippen MR) is 91.9 cm³/mol.